The number of aromatic nitrogens is 4. The molecule has 1 N–H and O–H groups in total. The maximum absolute atomic E-state index is 6.22. The summed E-state index contributed by atoms with van der Waals surface area (Å²) in [6.45, 7) is 3.84. The van der Waals surface area contributed by atoms with Crippen LogP contribution in [0.4, 0.5) is 5.82 Å². The number of nitrogens with zero attached hydrogens (tertiary/aromatic N) is 5. The molecule has 152 valence electrons. The van der Waals surface area contributed by atoms with Crippen LogP contribution in [0.3, 0.4) is 0 Å². The number of rotatable bonds is 4. The van der Waals surface area contributed by atoms with Gasteiger partial charge in [0.15, 0.2) is 5.82 Å². The molecule has 7 nitrogen and oxygen atoms in total. The normalized spacial score (nSPS) is 23.3. The Morgan fingerprint density at radius 2 is 1.90 bits per heavy atom. The summed E-state index contributed by atoms with van der Waals surface area (Å²) in [7, 11) is 0. The lowest BCUT2D eigenvalue weighted by atomic mass is 9.90. The van der Waals surface area contributed by atoms with Crippen molar-refractivity contribution >= 4 is 28.5 Å². The molecule has 3 aromatic heterocycles. The van der Waals surface area contributed by atoms with Crippen molar-refractivity contribution in [2.45, 2.75) is 37.8 Å². The molecule has 2 aliphatic rings. The Balaban J connectivity index is 1.36. The van der Waals surface area contributed by atoms with E-state index < -0.39 is 0 Å². The molecule has 0 radical (unpaired) electrons. The van der Waals surface area contributed by atoms with Crippen LogP contribution in [0.25, 0.3) is 16.7 Å². The van der Waals surface area contributed by atoms with Gasteiger partial charge in [-0.3, -0.25) is 9.88 Å². The zero-order valence-electron chi connectivity index (χ0n) is 16.3. The molecule has 8 heteroatoms. The molecular formula is C21H25ClN6O. The van der Waals surface area contributed by atoms with Crippen LogP contribution in [-0.4, -0.2) is 62.8 Å². The average molecular weight is 413 g/mol. The summed E-state index contributed by atoms with van der Waals surface area (Å²) < 4.78 is 7.57. The van der Waals surface area contributed by atoms with Gasteiger partial charge >= 0.3 is 0 Å². The van der Waals surface area contributed by atoms with Crippen LogP contribution in [0.1, 0.15) is 25.7 Å². The Hall–Kier alpha value is -2.22. The van der Waals surface area contributed by atoms with Gasteiger partial charge in [0.25, 0.3) is 0 Å². The van der Waals surface area contributed by atoms with E-state index in [4.69, 9.17) is 16.3 Å². The van der Waals surface area contributed by atoms with Crippen molar-refractivity contribution in [2.75, 3.05) is 31.6 Å². The third-order valence-corrected chi connectivity index (χ3v) is 6.20. The summed E-state index contributed by atoms with van der Waals surface area (Å²) in [5.41, 5.74) is 2.75. The van der Waals surface area contributed by atoms with Gasteiger partial charge in [-0.15, -0.1) is 0 Å². The minimum absolute atomic E-state index is 0.269. The number of halogens is 1. The summed E-state index contributed by atoms with van der Waals surface area (Å²) in [5, 5.41) is 3.93. The SMILES string of the molecule is Clc1nc(N[C@H]2CC[C@H](N3CCOCC3)CC2)c2c(ccn2-c2cccnc2)n1. The summed E-state index contributed by atoms with van der Waals surface area (Å²) in [4.78, 5) is 15.8. The van der Waals surface area contributed by atoms with Crippen molar-refractivity contribution in [1.29, 1.82) is 0 Å². The van der Waals surface area contributed by atoms with Crippen molar-refractivity contribution in [3.8, 4) is 5.69 Å². The van der Waals surface area contributed by atoms with Crippen LogP contribution in [0.2, 0.25) is 5.28 Å². The van der Waals surface area contributed by atoms with Crippen molar-refractivity contribution in [3.05, 3.63) is 42.1 Å². The van der Waals surface area contributed by atoms with E-state index in [9.17, 15) is 0 Å². The predicted octanol–water partition coefficient (Wildman–Crippen LogP) is 3.52. The Bertz CT molecular complexity index is 964. The molecule has 1 saturated carbocycles. The maximum Gasteiger partial charge on any atom is 0.225 e. The van der Waals surface area contributed by atoms with Gasteiger partial charge in [0.05, 0.1) is 30.6 Å². The van der Waals surface area contributed by atoms with Crippen LogP contribution in [0.15, 0.2) is 36.8 Å². The number of nitrogens with one attached hydrogen (secondary N) is 1. The first-order chi connectivity index (χ1) is 14.3. The third-order valence-electron chi connectivity index (χ3n) is 6.03. The molecule has 4 heterocycles. The van der Waals surface area contributed by atoms with Gasteiger partial charge in [-0.2, -0.15) is 4.98 Å². The molecule has 0 unspecified atom stereocenters. The van der Waals surface area contributed by atoms with E-state index >= 15 is 0 Å². The zero-order chi connectivity index (χ0) is 19.6. The number of morpholine rings is 1. The van der Waals surface area contributed by atoms with Crippen molar-refractivity contribution < 1.29 is 4.74 Å². The second-order valence-electron chi connectivity index (χ2n) is 7.77. The molecule has 0 aromatic carbocycles. The van der Waals surface area contributed by atoms with E-state index in [2.05, 4.69) is 29.7 Å². The molecule has 1 aliphatic heterocycles. The van der Waals surface area contributed by atoms with E-state index in [1.807, 2.05) is 30.6 Å². The fourth-order valence-corrected chi connectivity index (χ4v) is 4.73. The molecule has 1 aliphatic carbocycles. The van der Waals surface area contributed by atoms with Crippen molar-refractivity contribution in [3.63, 3.8) is 0 Å². The first kappa shape index (κ1) is 18.8. The third kappa shape index (κ3) is 3.95. The highest BCUT2D eigenvalue weighted by Crippen LogP contribution is 2.30. The fourth-order valence-electron chi connectivity index (χ4n) is 4.55. The van der Waals surface area contributed by atoms with Gasteiger partial charge in [0.2, 0.25) is 5.28 Å². The Labute approximate surface area is 175 Å². The van der Waals surface area contributed by atoms with Crippen LogP contribution < -0.4 is 5.32 Å². The van der Waals surface area contributed by atoms with Crippen molar-refractivity contribution in [2.24, 2.45) is 0 Å². The highest BCUT2D eigenvalue weighted by Gasteiger charge is 2.27. The number of ether oxygens (including phenoxy) is 1. The maximum atomic E-state index is 6.22. The number of hydrogen-bond donors (Lipinski definition) is 1. The number of hydrogen-bond acceptors (Lipinski definition) is 6. The van der Waals surface area contributed by atoms with Crippen LogP contribution in [-0.2, 0) is 4.74 Å². The van der Waals surface area contributed by atoms with Gasteiger partial charge in [0.1, 0.15) is 5.52 Å². The summed E-state index contributed by atoms with van der Waals surface area (Å²) >= 11 is 6.22. The van der Waals surface area contributed by atoms with Crippen LogP contribution in [0.5, 0.6) is 0 Å². The molecule has 0 bridgehead atoms. The van der Waals surface area contributed by atoms with Gasteiger partial charge in [-0.25, -0.2) is 4.98 Å². The van der Waals surface area contributed by atoms with E-state index in [1.165, 1.54) is 12.8 Å². The predicted molar refractivity (Wildman–Crippen MR) is 114 cm³/mol. The molecule has 5 rings (SSSR count). The lowest BCUT2D eigenvalue weighted by Gasteiger charge is -2.39. The highest BCUT2D eigenvalue weighted by molar-refractivity contribution is 6.28. The van der Waals surface area contributed by atoms with E-state index in [-0.39, 0.29) is 5.28 Å². The zero-order valence-corrected chi connectivity index (χ0v) is 17.1. The molecule has 2 fully saturated rings. The summed E-state index contributed by atoms with van der Waals surface area (Å²) in [6, 6.07) is 6.98. The Kier molecular flexibility index (Phi) is 5.35. The lowest BCUT2D eigenvalue weighted by Crippen LogP contribution is -2.46. The quantitative estimate of drug-likeness (QED) is 0.661. The van der Waals surface area contributed by atoms with E-state index in [0.717, 1.165) is 61.7 Å². The smallest absolute Gasteiger partial charge is 0.225 e. The van der Waals surface area contributed by atoms with Gasteiger partial charge in [-0.1, -0.05) is 0 Å². The van der Waals surface area contributed by atoms with E-state index in [0.29, 0.717) is 12.1 Å². The lowest BCUT2D eigenvalue weighted by molar-refractivity contribution is 0.00791. The molecular weight excluding hydrogens is 388 g/mol. The first-order valence-electron chi connectivity index (χ1n) is 10.3. The van der Waals surface area contributed by atoms with Crippen molar-refractivity contribution in [1.82, 2.24) is 24.4 Å². The Morgan fingerprint density at radius 1 is 1.07 bits per heavy atom. The second-order valence-corrected chi connectivity index (χ2v) is 8.11. The molecule has 1 saturated heterocycles. The molecule has 3 aromatic rings. The summed E-state index contributed by atoms with van der Waals surface area (Å²) in [6.07, 6.45) is 10.2. The minimum Gasteiger partial charge on any atom is -0.379 e. The second kappa shape index (κ2) is 8.26. The van der Waals surface area contributed by atoms with Gasteiger partial charge < -0.3 is 14.6 Å². The van der Waals surface area contributed by atoms with Gasteiger partial charge in [0, 0.05) is 37.6 Å². The van der Waals surface area contributed by atoms with Crippen LogP contribution in [0, 0.1) is 0 Å². The molecule has 29 heavy (non-hydrogen) atoms. The fraction of sp³-hybridized carbons (Fsp3) is 0.476. The first-order valence-corrected chi connectivity index (χ1v) is 10.7. The topological polar surface area (TPSA) is 68.1 Å². The summed E-state index contributed by atoms with van der Waals surface area (Å²) in [5.74, 6) is 0.795. The minimum atomic E-state index is 0.269. The monoisotopic (exact) mass is 412 g/mol. The Morgan fingerprint density at radius 3 is 2.66 bits per heavy atom. The number of fused-ring (bicyclic) bond motifs is 1. The van der Waals surface area contributed by atoms with E-state index in [1.54, 1.807) is 6.20 Å². The average Bonchev–Trinajstić information content (AvgIpc) is 3.19. The molecule has 0 atom stereocenters. The number of pyridine rings is 1. The largest absolute Gasteiger partial charge is 0.379 e. The highest BCUT2D eigenvalue weighted by atomic mass is 35.5. The number of anilines is 1. The molecule has 0 amide bonds. The molecule has 0 spiro atoms. The standard InChI is InChI=1S/C21H25ClN6O/c22-21-25-18-7-9-28(17-2-1-8-23-14-17)19(18)20(26-21)24-15-3-5-16(6-4-15)27-10-12-29-13-11-27/h1-2,7-9,14-16H,3-6,10-13H2,(H,24,25,26)/t15-,16-. The van der Waals surface area contributed by atoms with Gasteiger partial charge in [-0.05, 0) is 55.5 Å². The van der Waals surface area contributed by atoms with Crippen LogP contribution >= 0.6 is 11.6 Å².